The lowest BCUT2D eigenvalue weighted by Gasteiger charge is -2.12. The summed E-state index contributed by atoms with van der Waals surface area (Å²) in [7, 11) is 0. The van der Waals surface area contributed by atoms with Crippen LogP contribution in [0.2, 0.25) is 0 Å². The lowest BCUT2D eigenvalue weighted by Crippen LogP contribution is -2.21. The van der Waals surface area contributed by atoms with E-state index < -0.39 is 0 Å². The highest BCUT2D eigenvalue weighted by Gasteiger charge is 2.24. The lowest BCUT2D eigenvalue weighted by atomic mass is 10.1. The summed E-state index contributed by atoms with van der Waals surface area (Å²) in [5.74, 6) is 0.632. The Morgan fingerprint density at radius 1 is 1.08 bits per heavy atom. The SMILES string of the molecule is CCN1CCC(CC(=O)OOc2ccc(Cc3ccccc3)cc2)C1. The average Bonchev–Trinajstić information content (AvgIpc) is 3.09. The average molecular weight is 339 g/mol. The predicted molar refractivity (Wildman–Crippen MR) is 97.2 cm³/mol. The maximum absolute atomic E-state index is 11.9. The first-order valence-electron chi connectivity index (χ1n) is 8.95. The highest BCUT2D eigenvalue weighted by molar-refractivity contribution is 5.69. The number of benzene rings is 2. The van der Waals surface area contributed by atoms with E-state index in [1.165, 1.54) is 11.1 Å². The molecule has 4 nitrogen and oxygen atoms in total. The second kappa shape index (κ2) is 8.67. The van der Waals surface area contributed by atoms with Gasteiger partial charge in [-0.05, 0) is 55.1 Å². The highest BCUT2D eigenvalue weighted by atomic mass is 17.2. The van der Waals surface area contributed by atoms with E-state index in [1.807, 2.05) is 42.5 Å². The molecular weight excluding hydrogens is 314 g/mol. The van der Waals surface area contributed by atoms with Gasteiger partial charge in [-0.1, -0.05) is 49.4 Å². The van der Waals surface area contributed by atoms with Crippen molar-refractivity contribution >= 4 is 5.97 Å². The van der Waals surface area contributed by atoms with E-state index in [4.69, 9.17) is 9.78 Å². The van der Waals surface area contributed by atoms with Crippen LogP contribution < -0.4 is 4.89 Å². The fraction of sp³-hybridized carbons (Fsp3) is 0.381. The molecule has 2 aromatic rings. The van der Waals surface area contributed by atoms with Crippen LogP contribution in [-0.4, -0.2) is 30.5 Å². The molecule has 132 valence electrons. The molecule has 0 amide bonds. The van der Waals surface area contributed by atoms with E-state index in [2.05, 4.69) is 24.0 Å². The summed E-state index contributed by atoms with van der Waals surface area (Å²) in [5, 5.41) is 0. The van der Waals surface area contributed by atoms with E-state index in [0.29, 0.717) is 18.1 Å². The zero-order valence-corrected chi connectivity index (χ0v) is 14.7. The molecule has 25 heavy (non-hydrogen) atoms. The molecule has 0 aromatic heterocycles. The molecule has 1 saturated heterocycles. The van der Waals surface area contributed by atoms with Gasteiger partial charge in [0.1, 0.15) is 0 Å². The topological polar surface area (TPSA) is 38.8 Å². The standard InChI is InChI=1S/C21H25NO3/c1-2-22-13-12-19(16-22)15-21(23)25-24-20-10-8-18(9-11-20)14-17-6-4-3-5-7-17/h3-11,19H,2,12-16H2,1H3. The van der Waals surface area contributed by atoms with Gasteiger partial charge in [0.2, 0.25) is 0 Å². The normalized spacial score (nSPS) is 17.4. The quantitative estimate of drug-likeness (QED) is 0.567. The summed E-state index contributed by atoms with van der Waals surface area (Å²) in [4.78, 5) is 24.4. The Morgan fingerprint density at radius 2 is 1.80 bits per heavy atom. The van der Waals surface area contributed by atoms with Gasteiger partial charge in [-0.15, -0.1) is 0 Å². The van der Waals surface area contributed by atoms with Crippen LogP contribution in [0.25, 0.3) is 0 Å². The van der Waals surface area contributed by atoms with Gasteiger partial charge < -0.3 is 4.90 Å². The Kier molecular flexibility index (Phi) is 6.07. The van der Waals surface area contributed by atoms with E-state index in [1.54, 1.807) is 0 Å². The Balaban J connectivity index is 1.43. The molecule has 0 saturated carbocycles. The second-order valence-electron chi connectivity index (χ2n) is 6.60. The monoisotopic (exact) mass is 339 g/mol. The number of carbonyl (C=O) groups excluding carboxylic acids is 1. The van der Waals surface area contributed by atoms with Crippen LogP contribution in [0.5, 0.6) is 5.75 Å². The third-order valence-electron chi connectivity index (χ3n) is 4.68. The number of carbonyl (C=O) groups is 1. The summed E-state index contributed by atoms with van der Waals surface area (Å²) in [6.07, 6.45) is 2.34. The molecular formula is C21H25NO3. The summed E-state index contributed by atoms with van der Waals surface area (Å²) >= 11 is 0. The molecule has 1 heterocycles. The van der Waals surface area contributed by atoms with E-state index >= 15 is 0 Å². The molecule has 4 heteroatoms. The van der Waals surface area contributed by atoms with Crippen LogP contribution >= 0.6 is 0 Å². The Labute approximate surface area is 149 Å². The van der Waals surface area contributed by atoms with Crippen molar-refractivity contribution in [3.8, 4) is 5.75 Å². The van der Waals surface area contributed by atoms with Gasteiger partial charge in [0.15, 0.2) is 5.75 Å². The Bertz CT molecular complexity index is 669. The smallest absolute Gasteiger partial charge is 0.303 e. The number of hydrogen-bond acceptors (Lipinski definition) is 4. The fourth-order valence-electron chi connectivity index (χ4n) is 3.23. The zero-order valence-electron chi connectivity index (χ0n) is 14.7. The van der Waals surface area contributed by atoms with Gasteiger partial charge in [0, 0.05) is 6.54 Å². The van der Waals surface area contributed by atoms with Gasteiger partial charge in [0.05, 0.1) is 6.42 Å². The molecule has 0 spiro atoms. The molecule has 0 N–H and O–H groups in total. The van der Waals surface area contributed by atoms with Crippen molar-refractivity contribution in [2.24, 2.45) is 5.92 Å². The van der Waals surface area contributed by atoms with E-state index in [9.17, 15) is 4.79 Å². The van der Waals surface area contributed by atoms with Gasteiger partial charge >= 0.3 is 5.97 Å². The van der Waals surface area contributed by atoms with Crippen molar-refractivity contribution in [2.75, 3.05) is 19.6 Å². The first kappa shape index (κ1) is 17.5. The molecule has 1 aliphatic rings. The van der Waals surface area contributed by atoms with Gasteiger partial charge in [-0.3, -0.25) is 9.78 Å². The largest absolute Gasteiger partial charge is 0.355 e. The lowest BCUT2D eigenvalue weighted by molar-refractivity contribution is -0.214. The molecule has 1 fully saturated rings. The summed E-state index contributed by atoms with van der Waals surface area (Å²) < 4.78 is 0. The molecule has 0 radical (unpaired) electrons. The summed E-state index contributed by atoms with van der Waals surface area (Å²) in [5.41, 5.74) is 2.45. The van der Waals surface area contributed by atoms with Crippen LogP contribution in [0.1, 0.15) is 30.9 Å². The minimum Gasteiger partial charge on any atom is -0.303 e. The predicted octanol–water partition coefficient (Wildman–Crippen LogP) is 3.85. The van der Waals surface area contributed by atoms with Crippen LogP contribution in [0.3, 0.4) is 0 Å². The van der Waals surface area contributed by atoms with Crippen LogP contribution in [0.4, 0.5) is 0 Å². The molecule has 1 atom stereocenters. The van der Waals surface area contributed by atoms with Gasteiger partial charge in [-0.25, -0.2) is 4.79 Å². The molecule has 1 aliphatic heterocycles. The molecule has 3 rings (SSSR count). The van der Waals surface area contributed by atoms with Gasteiger partial charge in [0.25, 0.3) is 0 Å². The maximum Gasteiger partial charge on any atom is 0.355 e. The van der Waals surface area contributed by atoms with E-state index in [-0.39, 0.29) is 5.97 Å². The summed E-state index contributed by atoms with van der Waals surface area (Å²) in [6, 6.07) is 18.0. The third-order valence-corrected chi connectivity index (χ3v) is 4.68. The molecule has 2 aromatic carbocycles. The second-order valence-corrected chi connectivity index (χ2v) is 6.60. The number of likely N-dealkylation sites (tertiary alicyclic amines) is 1. The van der Waals surface area contributed by atoms with Crippen LogP contribution in [-0.2, 0) is 16.1 Å². The van der Waals surface area contributed by atoms with Crippen molar-refractivity contribution in [3.63, 3.8) is 0 Å². The molecule has 0 bridgehead atoms. The Hall–Kier alpha value is -2.33. The number of rotatable bonds is 7. The summed E-state index contributed by atoms with van der Waals surface area (Å²) in [6.45, 7) is 5.22. The van der Waals surface area contributed by atoms with Crippen molar-refractivity contribution < 1.29 is 14.6 Å². The first-order chi connectivity index (χ1) is 12.2. The van der Waals surface area contributed by atoms with Crippen molar-refractivity contribution in [2.45, 2.75) is 26.2 Å². The van der Waals surface area contributed by atoms with Gasteiger partial charge in [-0.2, -0.15) is 0 Å². The van der Waals surface area contributed by atoms with Crippen LogP contribution in [0, 0.1) is 5.92 Å². The number of hydrogen-bond donors (Lipinski definition) is 0. The first-order valence-corrected chi connectivity index (χ1v) is 8.95. The minimum atomic E-state index is -0.295. The van der Waals surface area contributed by atoms with Crippen molar-refractivity contribution in [1.29, 1.82) is 0 Å². The number of nitrogens with zero attached hydrogens (tertiary/aromatic N) is 1. The molecule has 1 unspecified atom stereocenters. The maximum atomic E-state index is 11.9. The van der Waals surface area contributed by atoms with E-state index in [0.717, 1.165) is 32.5 Å². The van der Waals surface area contributed by atoms with Crippen molar-refractivity contribution in [3.05, 3.63) is 65.7 Å². The molecule has 0 aliphatic carbocycles. The highest BCUT2D eigenvalue weighted by Crippen LogP contribution is 2.20. The zero-order chi connectivity index (χ0) is 17.5. The van der Waals surface area contributed by atoms with Crippen LogP contribution in [0.15, 0.2) is 54.6 Å². The minimum absolute atomic E-state index is 0.295. The fourth-order valence-corrected chi connectivity index (χ4v) is 3.23. The Morgan fingerprint density at radius 3 is 2.48 bits per heavy atom. The third kappa shape index (κ3) is 5.33. The van der Waals surface area contributed by atoms with Crippen molar-refractivity contribution in [1.82, 2.24) is 4.90 Å².